The Hall–Kier alpha value is -1.05. The van der Waals surface area contributed by atoms with Gasteiger partial charge >= 0.3 is 0 Å². The first-order valence-electron chi connectivity index (χ1n) is 3.70. The van der Waals surface area contributed by atoms with Crippen LogP contribution in [0.2, 0.25) is 0 Å². The molecule has 1 aromatic rings. The molecule has 2 heteroatoms. The van der Waals surface area contributed by atoms with Crippen LogP contribution in [0.25, 0.3) is 0 Å². The molecule has 0 aromatic heterocycles. The van der Waals surface area contributed by atoms with Crippen molar-refractivity contribution in [1.82, 2.24) is 0 Å². The van der Waals surface area contributed by atoms with Crippen molar-refractivity contribution in [3.63, 3.8) is 0 Å². The Kier molecular flexibility index (Phi) is 1.34. The number of halogens is 1. The fraction of sp³-hybridized carbons (Fsp3) is 0.333. The molecule has 2 rings (SSSR count). The number of fused-ring (bicyclic) bond motifs is 1. The van der Waals surface area contributed by atoms with E-state index in [2.05, 4.69) is 0 Å². The van der Waals surface area contributed by atoms with Crippen LogP contribution in [0.1, 0.15) is 18.4 Å². The highest BCUT2D eigenvalue weighted by Gasteiger charge is 2.22. The van der Waals surface area contributed by atoms with Crippen molar-refractivity contribution in [2.24, 2.45) is 0 Å². The molecule has 0 saturated carbocycles. The average Bonchev–Trinajstić information content (AvgIpc) is 2.34. The van der Waals surface area contributed by atoms with Gasteiger partial charge in [0.1, 0.15) is 11.6 Å². The van der Waals surface area contributed by atoms with Crippen LogP contribution in [0.3, 0.4) is 0 Å². The molecule has 0 amide bonds. The third kappa shape index (κ3) is 0.897. The molecule has 0 bridgehead atoms. The zero-order valence-corrected chi connectivity index (χ0v) is 6.30. The molecule has 0 saturated heterocycles. The molecule has 1 aliphatic rings. The summed E-state index contributed by atoms with van der Waals surface area (Å²) >= 11 is 0. The molecule has 0 spiro atoms. The average molecular weight is 152 g/mol. The van der Waals surface area contributed by atoms with Crippen molar-refractivity contribution >= 4 is 0 Å². The first kappa shape index (κ1) is 6.65. The molecule has 11 heavy (non-hydrogen) atoms. The predicted molar refractivity (Wildman–Crippen MR) is 40.3 cm³/mol. The number of hydrogen-bond acceptors (Lipinski definition) is 1. The smallest absolute Gasteiger partial charge is 0.130 e. The van der Waals surface area contributed by atoms with Gasteiger partial charge in [-0.25, -0.2) is 4.39 Å². The Morgan fingerprint density at radius 1 is 1.55 bits per heavy atom. The Morgan fingerprint density at radius 2 is 2.36 bits per heavy atom. The largest absolute Gasteiger partial charge is 0.493 e. The van der Waals surface area contributed by atoms with Gasteiger partial charge < -0.3 is 4.74 Å². The van der Waals surface area contributed by atoms with Crippen LogP contribution < -0.4 is 4.74 Å². The van der Waals surface area contributed by atoms with Crippen LogP contribution in [0.15, 0.2) is 18.2 Å². The van der Waals surface area contributed by atoms with Gasteiger partial charge in [0.2, 0.25) is 0 Å². The monoisotopic (exact) mass is 152 g/mol. The van der Waals surface area contributed by atoms with Gasteiger partial charge in [0.05, 0.1) is 6.61 Å². The molecule has 58 valence electrons. The second-order valence-electron chi connectivity index (χ2n) is 2.86. The van der Waals surface area contributed by atoms with E-state index in [0.717, 1.165) is 5.56 Å². The van der Waals surface area contributed by atoms with E-state index in [9.17, 15) is 4.39 Å². The topological polar surface area (TPSA) is 9.23 Å². The molecule has 0 N–H and O–H groups in total. The Bertz CT molecular complexity index is 283. The Morgan fingerprint density at radius 3 is 3.09 bits per heavy atom. The molecular weight excluding hydrogens is 143 g/mol. The molecule has 1 heterocycles. The summed E-state index contributed by atoms with van der Waals surface area (Å²) in [7, 11) is 0. The SMILES string of the molecule is C[C@H]1COc2cccc(F)c21. The van der Waals surface area contributed by atoms with Gasteiger partial charge in [-0.3, -0.25) is 0 Å². The Balaban J connectivity index is 2.58. The standard InChI is InChI=1S/C9H9FO/c1-6-5-11-8-4-2-3-7(10)9(6)8/h2-4,6H,5H2,1H3/t6-/m0/s1. The van der Waals surface area contributed by atoms with Crippen LogP contribution in [0.4, 0.5) is 4.39 Å². The summed E-state index contributed by atoms with van der Waals surface area (Å²) in [6, 6.07) is 4.96. The third-order valence-corrected chi connectivity index (χ3v) is 1.99. The molecule has 0 fully saturated rings. The quantitative estimate of drug-likeness (QED) is 0.554. The van der Waals surface area contributed by atoms with Crippen LogP contribution >= 0.6 is 0 Å². The predicted octanol–water partition coefficient (Wildman–Crippen LogP) is 2.32. The number of hydrogen-bond donors (Lipinski definition) is 0. The summed E-state index contributed by atoms with van der Waals surface area (Å²) in [6.07, 6.45) is 0. The van der Waals surface area contributed by atoms with Gasteiger partial charge in [-0.1, -0.05) is 13.0 Å². The Labute approximate surface area is 64.8 Å². The summed E-state index contributed by atoms with van der Waals surface area (Å²) in [5.41, 5.74) is 0.729. The van der Waals surface area contributed by atoms with E-state index in [0.29, 0.717) is 12.4 Å². The maximum atomic E-state index is 13.1. The minimum absolute atomic E-state index is 0.146. The van der Waals surface area contributed by atoms with Crippen LogP contribution in [-0.4, -0.2) is 6.61 Å². The molecule has 0 unspecified atom stereocenters. The van der Waals surface area contributed by atoms with Crippen molar-refractivity contribution in [3.05, 3.63) is 29.6 Å². The highest BCUT2D eigenvalue weighted by Crippen LogP contribution is 2.34. The van der Waals surface area contributed by atoms with E-state index >= 15 is 0 Å². The third-order valence-electron chi connectivity index (χ3n) is 1.99. The van der Waals surface area contributed by atoms with Crippen molar-refractivity contribution < 1.29 is 9.13 Å². The van der Waals surface area contributed by atoms with E-state index in [1.807, 2.05) is 13.0 Å². The zero-order chi connectivity index (χ0) is 7.84. The molecule has 1 nitrogen and oxygen atoms in total. The lowest BCUT2D eigenvalue weighted by atomic mass is 10.0. The minimum atomic E-state index is -0.146. The second-order valence-corrected chi connectivity index (χ2v) is 2.86. The summed E-state index contributed by atoms with van der Waals surface area (Å²) in [5, 5.41) is 0. The van der Waals surface area contributed by atoms with Gasteiger partial charge in [-0.05, 0) is 12.1 Å². The summed E-state index contributed by atoms with van der Waals surface area (Å²) in [5.74, 6) is 0.760. The summed E-state index contributed by atoms with van der Waals surface area (Å²) < 4.78 is 18.3. The fourth-order valence-electron chi connectivity index (χ4n) is 1.42. The maximum Gasteiger partial charge on any atom is 0.130 e. The fourth-order valence-corrected chi connectivity index (χ4v) is 1.42. The van der Waals surface area contributed by atoms with Gasteiger partial charge in [-0.15, -0.1) is 0 Å². The van der Waals surface area contributed by atoms with Crippen LogP contribution in [0, 0.1) is 5.82 Å². The zero-order valence-electron chi connectivity index (χ0n) is 6.30. The van der Waals surface area contributed by atoms with E-state index < -0.39 is 0 Å². The molecule has 1 aliphatic heterocycles. The van der Waals surface area contributed by atoms with E-state index in [-0.39, 0.29) is 11.7 Å². The van der Waals surface area contributed by atoms with Crippen molar-refractivity contribution in [2.75, 3.05) is 6.61 Å². The van der Waals surface area contributed by atoms with Gasteiger partial charge in [0.15, 0.2) is 0 Å². The summed E-state index contributed by atoms with van der Waals surface area (Å²) in [4.78, 5) is 0. The van der Waals surface area contributed by atoms with Gasteiger partial charge in [0.25, 0.3) is 0 Å². The summed E-state index contributed by atoms with van der Waals surface area (Å²) in [6.45, 7) is 2.57. The van der Waals surface area contributed by atoms with Crippen LogP contribution in [-0.2, 0) is 0 Å². The van der Waals surface area contributed by atoms with Crippen LogP contribution in [0.5, 0.6) is 5.75 Å². The second kappa shape index (κ2) is 2.22. The molecule has 1 atom stereocenters. The van der Waals surface area contributed by atoms with Crippen molar-refractivity contribution in [3.8, 4) is 5.75 Å². The molecule has 1 aromatic carbocycles. The lowest BCUT2D eigenvalue weighted by molar-refractivity contribution is 0.337. The lowest BCUT2D eigenvalue weighted by Gasteiger charge is -2.00. The highest BCUT2D eigenvalue weighted by molar-refractivity contribution is 5.40. The number of rotatable bonds is 0. The van der Waals surface area contributed by atoms with E-state index in [4.69, 9.17) is 4.74 Å². The molecule has 0 aliphatic carbocycles. The van der Waals surface area contributed by atoms with Crippen molar-refractivity contribution in [1.29, 1.82) is 0 Å². The normalized spacial score (nSPS) is 21.1. The minimum Gasteiger partial charge on any atom is -0.493 e. The lowest BCUT2D eigenvalue weighted by Crippen LogP contribution is -1.95. The first-order chi connectivity index (χ1) is 5.29. The number of ether oxygens (including phenoxy) is 1. The first-order valence-corrected chi connectivity index (χ1v) is 3.70. The number of benzene rings is 1. The van der Waals surface area contributed by atoms with E-state index in [1.165, 1.54) is 6.07 Å². The van der Waals surface area contributed by atoms with E-state index in [1.54, 1.807) is 6.07 Å². The van der Waals surface area contributed by atoms with Crippen molar-refractivity contribution in [2.45, 2.75) is 12.8 Å². The van der Waals surface area contributed by atoms with Gasteiger partial charge in [0, 0.05) is 11.5 Å². The molecule has 0 radical (unpaired) electrons. The maximum absolute atomic E-state index is 13.1. The van der Waals surface area contributed by atoms with Gasteiger partial charge in [-0.2, -0.15) is 0 Å². The highest BCUT2D eigenvalue weighted by atomic mass is 19.1. The molecular formula is C9H9FO.